The van der Waals surface area contributed by atoms with Crippen LogP contribution >= 0.6 is 0 Å². The van der Waals surface area contributed by atoms with E-state index in [4.69, 9.17) is 9.47 Å². The molecule has 1 saturated carbocycles. The predicted molar refractivity (Wildman–Crippen MR) is 77.2 cm³/mol. The number of carbonyl (C=O) groups is 2. The standard InChI is InChI=1S/C16H26O4/c1-13(2)10-11-19-15(17)8-9-16(18)20-12-14-6-4-3-5-7-14/h14H,1,3-12H2,2H3. The average Bonchev–Trinajstić information content (AvgIpc) is 2.43. The Bertz CT molecular complexity index is 329. The molecule has 0 aromatic carbocycles. The summed E-state index contributed by atoms with van der Waals surface area (Å²) in [5.41, 5.74) is 0.977. The molecule has 0 N–H and O–H groups in total. The minimum absolute atomic E-state index is 0.0969. The van der Waals surface area contributed by atoms with Crippen molar-refractivity contribution in [1.82, 2.24) is 0 Å². The van der Waals surface area contributed by atoms with E-state index in [1.807, 2.05) is 6.92 Å². The zero-order valence-corrected chi connectivity index (χ0v) is 12.5. The SMILES string of the molecule is C=C(C)CCOC(=O)CCC(=O)OCC1CCCCC1. The minimum Gasteiger partial charge on any atom is -0.465 e. The molecule has 1 fully saturated rings. The third-order valence-corrected chi connectivity index (χ3v) is 3.53. The Kier molecular flexibility index (Phi) is 8.00. The van der Waals surface area contributed by atoms with Crippen LogP contribution in [0.15, 0.2) is 12.2 Å². The predicted octanol–water partition coefficient (Wildman–Crippen LogP) is 3.40. The van der Waals surface area contributed by atoms with Crippen LogP contribution in [0.1, 0.15) is 58.3 Å². The zero-order chi connectivity index (χ0) is 14.8. The van der Waals surface area contributed by atoms with Gasteiger partial charge in [0, 0.05) is 6.42 Å². The lowest BCUT2D eigenvalue weighted by Gasteiger charge is -2.20. The first kappa shape index (κ1) is 16.7. The third kappa shape index (κ3) is 7.97. The molecular formula is C16H26O4. The highest BCUT2D eigenvalue weighted by atomic mass is 16.5. The number of rotatable bonds is 8. The van der Waals surface area contributed by atoms with Crippen molar-refractivity contribution in [3.05, 3.63) is 12.2 Å². The number of esters is 2. The van der Waals surface area contributed by atoms with Crippen molar-refractivity contribution >= 4 is 11.9 Å². The molecule has 0 atom stereocenters. The van der Waals surface area contributed by atoms with E-state index in [-0.39, 0.29) is 24.8 Å². The Balaban J connectivity index is 2.03. The fourth-order valence-electron chi connectivity index (χ4n) is 2.25. The first-order chi connectivity index (χ1) is 9.58. The van der Waals surface area contributed by atoms with Crippen LogP contribution in [0, 0.1) is 5.92 Å². The van der Waals surface area contributed by atoms with Crippen LogP contribution in [0.3, 0.4) is 0 Å². The van der Waals surface area contributed by atoms with Crippen molar-refractivity contribution in [2.75, 3.05) is 13.2 Å². The summed E-state index contributed by atoms with van der Waals surface area (Å²) in [4.78, 5) is 22.9. The lowest BCUT2D eigenvalue weighted by atomic mass is 9.90. The second-order valence-electron chi connectivity index (χ2n) is 5.61. The smallest absolute Gasteiger partial charge is 0.306 e. The first-order valence-electron chi connectivity index (χ1n) is 7.53. The highest BCUT2D eigenvalue weighted by molar-refractivity contribution is 5.77. The van der Waals surface area contributed by atoms with Gasteiger partial charge in [-0.05, 0) is 25.7 Å². The Labute approximate surface area is 121 Å². The second kappa shape index (κ2) is 9.56. The maximum atomic E-state index is 11.5. The van der Waals surface area contributed by atoms with Crippen LogP contribution in [-0.2, 0) is 19.1 Å². The van der Waals surface area contributed by atoms with Crippen molar-refractivity contribution < 1.29 is 19.1 Å². The molecule has 0 aromatic rings. The summed E-state index contributed by atoms with van der Waals surface area (Å²) < 4.78 is 10.2. The van der Waals surface area contributed by atoms with E-state index in [0.29, 0.717) is 25.6 Å². The molecule has 0 bridgehead atoms. The topological polar surface area (TPSA) is 52.6 Å². The van der Waals surface area contributed by atoms with E-state index in [1.54, 1.807) is 0 Å². The molecular weight excluding hydrogens is 256 g/mol. The van der Waals surface area contributed by atoms with Gasteiger partial charge in [-0.3, -0.25) is 9.59 Å². The molecule has 0 spiro atoms. The number of ether oxygens (including phenoxy) is 2. The zero-order valence-electron chi connectivity index (χ0n) is 12.5. The summed E-state index contributed by atoms with van der Waals surface area (Å²) in [6.45, 7) is 6.46. The van der Waals surface area contributed by atoms with Crippen molar-refractivity contribution in [1.29, 1.82) is 0 Å². The molecule has 0 aromatic heterocycles. The molecule has 1 aliphatic rings. The van der Waals surface area contributed by atoms with Crippen LogP contribution in [0.5, 0.6) is 0 Å². The van der Waals surface area contributed by atoms with Gasteiger partial charge in [-0.15, -0.1) is 6.58 Å². The van der Waals surface area contributed by atoms with Gasteiger partial charge in [-0.25, -0.2) is 0 Å². The fraction of sp³-hybridized carbons (Fsp3) is 0.750. The highest BCUT2D eigenvalue weighted by Crippen LogP contribution is 2.23. The number of carbonyl (C=O) groups excluding carboxylic acids is 2. The molecule has 1 aliphatic carbocycles. The van der Waals surface area contributed by atoms with Crippen LogP contribution in [-0.4, -0.2) is 25.2 Å². The van der Waals surface area contributed by atoms with Gasteiger partial charge < -0.3 is 9.47 Å². The van der Waals surface area contributed by atoms with Gasteiger partial charge in [0.15, 0.2) is 0 Å². The third-order valence-electron chi connectivity index (χ3n) is 3.53. The first-order valence-corrected chi connectivity index (χ1v) is 7.53. The Morgan fingerprint density at radius 1 is 1.00 bits per heavy atom. The summed E-state index contributed by atoms with van der Waals surface area (Å²) in [5, 5.41) is 0. The normalized spacial score (nSPS) is 15.7. The maximum absolute atomic E-state index is 11.5. The molecule has 20 heavy (non-hydrogen) atoms. The molecule has 0 radical (unpaired) electrons. The van der Waals surface area contributed by atoms with Gasteiger partial charge in [0.05, 0.1) is 26.1 Å². The average molecular weight is 282 g/mol. The molecule has 4 nitrogen and oxygen atoms in total. The van der Waals surface area contributed by atoms with Crippen molar-refractivity contribution in [2.45, 2.75) is 58.3 Å². The van der Waals surface area contributed by atoms with Crippen molar-refractivity contribution in [3.63, 3.8) is 0 Å². The lowest BCUT2D eigenvalue weighted by molar-refractivity contribution is -0.151. The lowest BCUT2D eigenvalue weighted by Crippen LogP contribution is -2.17. The maximum Gasteiger partial charge on any atom is 0.306 e. The van der Waals surface area contributed by atoms with Crippen molar-refractivity contribution in [2.24, 2.45) is 5.92 Å². The van der Waals surface area contributed by atoms with E-state index in [0.717, 1.165) is 18.4 Å². The summed E-state index contributed by atoms with van der Waals surface area (Å²) >= 11 is 0. The fourth-order valence-corrected chi connectivity index (χ4v) is 2.25. The van der Waals surface area contributed by atoms with E-state index >= 15 is 0 Å². The number of hydrogen-bond acceptors (Lipinski definition) is 4. The minimum atomic E-state index is -0.346. The van der Waals surface area contributed by atoms with Crippen LogP contribution in [0.4, 0.5) is 0 Å². The van der Waals surface area contributed by atoms with Crippen LogP contribution in [0.2, 0.25) is 0 Å². The summed E-state index contributed by atoms with van der Waals surface area (Å²) in [6.07, 6.45) is 6.93. The van der Waals surface area contributed by atoms with Gasteiger partial charge in [0.1, 0.15) is 0 Å². The molecule has 0 aliphatic heterocycles. The van der Waals surface area contributed by atoms with E-state index in [1.165, 1.54) is 19.3 Å². The Hall–Kier alpha value is -1.32. The summed E-state index contributed by atoms with van der Waals surface area (Å²) in [5.74, 6) is -0.136. The van der Waals surface area contributed by atoms with Crippen LogP contribution in [0.25, 0.3) is 0 Å². The highest BCUT2D eigenvalue weighted by Gasteiger charge is 2.16. The van der Waals surface area contributed by atoms with Gasteiger partial charge >= 0.3 is 11.9 Å². The van der Waals surface area contributed by atoms with Crippen LogP contribution < -0.4 is 0 Å². The quantitative estimate of drug-likeness (QED) is 0.506. The van der Waals surface area contributed by atoms with Gasteiger partial charge in [0.25, 0.3) is 0 Å². The molecule has 0 amide bonds. The largest absolute Gasteiger partial charge is 0.465 e. The van der Waals surface area contributed by atoms with E-state index in [2.05, 4.69) is 6.58 Å². The Morgan fingerprint density at radius 2 is 1.60 bits per heavy atom. The van der Waals surface area contributed by atoms with Gasteiger partial charge in [-0.2, -0.15) is 0 Å². The molecule has 114 valence electrons. The number of hydrogen-bond donors (Lipinski definition) is 0. The van der Waals surface area contributed by atoms with E-state index in [9.17, 15) is 9.59 Å². The molecule has 0 unspecified atom stereocenters. The van der Waals surface area contributed by atoms with Crippen molar-refractivity contribution in [3.8, 4) is 0 Å². The summed E-state index contributed by atoms with van der Waals surface area (Å²) in [6, 6.07) is 0. The van der Waals surface area contributed by atoms with Gasteiger partial charge in [0.2, 0.25) is 0 Å². The van der Waals surface area contributed by atoms with E-state index < -0.39 is 0 Å². The van der Waals surface area contributed by atoms with Gasteiger partial charge in [-0.1, -0.05) is 24.8 Å². The molecule has 0 heterocycles. The Morgan fingerprint density at radius 3 is 2.20 bits per heavy atom. The second-order valence-corrected chi connectivity index (χ2v) is 5.61. The summed E-state index contributed by atoms with van der Waals surface area (Å²) in [7, 11) is 0. The molecule has 0 saturated heterocycles. The molecule has 4 heteroatoms. The monoisotopic (exact) mass is 282 g/mol. The molecule has 1 rings (SSSR count).